The molecule has 0 radical (unpaired) electrons. The number of rotatable bonds is 8. The van der Waals surface area contributed by atoms with Gasteiger partial charge >= 0.3 is 5.97 Å². The van der Waals surface area contributed by atoms with Crippen LogP contribution in [-0.4, -0.2) is 59.4 Å². The van der Waals surface area contributed by atoms with E-state index in [-0.39, 0.29) is 17.7 Å². The Hall–Kier alpha value is -4.09. The van der Waals surface area contributed by atoms with Gasteiger partial charge in [-0.05, 0) is 65.3 Å². The van der Waals surface area contributed by atoms with Gasteiger partial charge in [0.05, 0.1) is 17.2 Å². The predicted molar refractivity (Wildman–Crippen MR) is 164 cm³/mol. The van der Waals surface area contributed by atoms with E-state index in [0.717, 1.165) is 28.5 Å². The predicted octanol–water partition coefficient (Wildman–Crippen LogP) is 3.89. The quantitative estimate of drug-likeness (QED) is 0.332. The standard InChI is InChI=1S/C31H31N3O6S2/c1-42(39,40)33-23-10-5-7-19(15-23)16-28(41)29(35)32-25-18-22-14-13-21(20-8-3-2-4-9-20)17-24(22)26-11-6-12-27(31(37)38)34(26)30(25)36/h2-5,7-10,13-15,17,25-27,33H,6,11-12,16,18H2,1H3,(H,32,35)(H,37,38)/t25-,26+,27-/m0/s1. The zero-order chi connectivity index (χ0) is 30.0. The number of nitrogens with one attached hydrogen (secondary N) is 2. The Bertz CT molecular complexity index is 1660. The summed E-state index contributed by atoms with van der Waals surface area (Å²) in [5.74, 6) is -2.12. The number of amides is 2. The first kappa shape index (κ1) is 29.4. The first-order chi connectivity index (χ1) is 20.0. The zero-order valence-electron chi connectivity index (χ0n) is 22.9. The van der Waals surface area contributed by atoms with Gasteiger partial charge in [-0.1, -0.05) is 66.8 Å². The molecule has 2 aliphatic heterocycles. The number of benzene rings is 3. The average Bonchev–Trinajstić information content (AvgIpc) is 3.06. The van der Waals surface area contributed by atoms with Crippen molar-refractivity contribution in [2.45, 2.75) is 50.2 Å². The number of thiocarbonyl (C=S) groups is 1. The Morgan fingerprint density at radius 1 is 1.00 bits per heavy atom. The number of piperidine rings is 1. The van der Waals surface area contributed by atoms with Crippen LogP contribution in [0.25, 0.3) is 11.1 Å². The molecule has 3 atom stereocenters. The highest BCUT2D eigenvalue weighted by Crippen LogP contribution is 2.40. The lowest BCUT2D eigenvalue weighted by molar-refractivity contribution is -0.156. The first-order valence-corrected chi connectivity index (χ1v) is 15.9. The van der Waals surface area contributed by atoms with Crippen LogP contribution in [0.3, 0.4) is 0 Å². The molecule has 0 bridgehead atoms. The summed E-state index contributed by atoms with van der Waals surface area (Å²) in [6.07, 6.45) is 2.92. The van der Waals surface area contributed by atoms with Gasteiger partial charge in [0.1, 0.15) is 12.1 Å². The van der Waals surface area contributed by atoms with E-state index in [1.54, 1.807) is 24.3 Å². The molecule has 0 spiro atoms. The van der Waals surface area contributed by atoms with Gasteiger partial charge in [0.15, 0.2) is 0 Å². The maximum absolute atomic E-state index is 14.0. The molecule has 3 N–H and O–H groups in total. The fourth-order valence-corrected chi connectivity index (χ4v) is 6.60. The first-order valence-electron chi connectivity index (χ1n) is 13.6. The number of hydrogen-bond donors (Lipinski definition) is 3. The van der Waals surface area contributed by atoms with E-state index in [9.17, 15) is 27.9 Å². The molecule has 1 saturated heterocycles. The van der Waals surface area contributed by atoms with Crippen molar-refractivity contribution in [3.63, 3.8) is 0 Å². The van der Waals surface area contributed by atoms with E-state index in [4.69, 9.17) is 12.2 Å². The smallest absolute Gasteiger partial charge is 0.326 e. The summed E-state index contributed by atoms with van der Waals surface area (Å²) in [7, 11) is -3.48. The third-order valence-electron chi connectivity index (χ3n) is 7.65. The molecule has 1 fully saturated rings. The topological polar surface area (TPSA) is 133 Å². The van der Waals surface area contributed by atoms with E-state index >= 15 is 0 Å². The molecule has 5 rings (SSSR count). The van der Waals surface area contributed by atoms with Gasteiger partial charge in [0, 0.05) is 18.5 Å². The highest BCUT2D eigenvalue weighted by atomic mass is 32.2. The van der Waals surface area contributed by atoms with Crippen LogP contribution in [0.15, 0.2) is 72.8 Å². The molecule has 0 unspecified atom stereocenters. The van der Waals surface area contributed by atoms with Gasteiger partial charge < -0.3 is 15.3 Å². The summed E-state index contributed by atoms with van der Waals surface area (Å²) >= 11 is 5.41. The number of carbonyl (C=O) groups is 3. The Morgan fingerprint density at radius 2 is 1.76 bits per heavy atom. The molecule has 0 saturated carbocycles. The number of nitrogens with zero attached hydrogens (tertiary/aromatic N) is 1. The largest absolute Gasteiger partial charge is 0.480 e. The molecule has 11 heteroatoms. The van der Waals surface area contributed by atoms with Gasteiger partial charge in [-0.3, -0.25) is 14.3 Å². The van der Waals surface area contributed by atoms with Crippen molar-refractivity contribution in [2.75, 3.05) is 11.0 Å². The van der Waals surface area contributed by atoms with Crippen LogP contribution in [0, 0.1) is 0 Å². The van der Waals surface area contributed by atoms with Crippen LogP contribution in [0.2, 0.25) is 0 Å². The molecular weight excluding hydrogens is 574 g/mol. The summed E-state index contributed by atoms with van der Waals surface area (Å²) in [4.78, 5) is 41.0. The second-order valence-electron chi connectivity index (χ2n) is 10.7. The number of aliphatic carboxylic acids is 1. The minimum atomic E-state index is -3.48. The normalized spacial score (nSPS) is 20.1. The van der Waals surface area contributed by atoms with Gasteiger partial charge in [0.25, 0.3) is 5.91 Å². The molecule has 3 aromatic carbocycles. The van der Waals surface area contributed by atoms with Gasteiger partial charge in [-0.15, -0.1) is 0 Å². The number of carbonyl (C=O) groups excluding carboxylic acids is 2. The zero-order valence-corrected chi connectivity index (χ0v) is 24.6. The molecule has 2 aliphatic rings. The molecule has 0 aliphatic carbocycles. The monoisotopic (exact) mass is 605 g/mol. The SMILES string of the molecule is CS(=O)(=O)Nc1cccc(CC(=S)C(=O)N[C@H]2Cc3ccc(-c4ccccc4)cc3[C@H]3CCC[C@@H](C(=O)O)N3C2=O)c1. The lowest BCUT2D eigenvalue weighted by Gasteiger charge is -2.40. The van der Waals surface area contributed by atoms with Crippen LogP contribution in [0.4, 0.5) is 5.69 Å². The number of sulfonamides is 1. The fourth-order valence-electron chi connectivity index (χ4n) is 5.82. The maximum Gasteiger partial charge on any atom is 0.326 e. The highest BCUT2D eigenvalue weighted by molar-refractivity contribution is 7.92. The molecular formula is C31H31N3O6S2. The summed E-state index contributed by atoms with van der Waals surface area (Å²) in [6.45, 7) is 0. The van der Waals surface area contributed by atoms with Crippen molar-refractivity contribution >= 4 is 50.6 Å². The fraction of sp³-hybridized carbons (Fsp3) is 0.290. The van der Waals surface area contributed by atoms with Crippen LogP contribution < -0.4 is 10.0 Å². The van der Waals surface area contributed by atoms with E-state index < -0.39 is 45.9 Å². The number of hydrogen-bond acceptors (Lipinski definition) is 6. The Balaban J connectivity index is 1.42. The van der Waals surface area contributed by atoms with Crippen LogP contribution >= 0.6 is 12.2 Å². The number of carboxylic acid groups (broad SMARTS) is 1. The Labute approximate surface area is 250 Å². The number of fused-ring (bicyclic) bond motifs is 3. The highest BCUT2D eigenvalue weighted by Gasteiger charge is 2.44. The van der Waals surface area contributed by atoms with E-state index in [1.165, 1.54) is 4.90 Å². The van der Waals surface area contributed by atoms with Crippen molar-refractivity contribution in [2.24, 2.45) is 0 Å². The third-order valence-corrected chi connectivity index (χ3v) is 8.59. The van der Waals surface area contributed by atoms with Crippen molar-refractivity contribution in [3.8, 4) is 11.1 Å². The lowest BCUT2D eigenvalue weighted by Crippen LogP contribution is -2.56. The van der Waals surface area contributed by atoms with E-state index in [1.807, 2.05) is 48.5 Å². The number of carboxylic acids is 1. The second kappa shape index (κ2) is 12.0. The second-order valence-corrected chi connectivity index (χ2v) is 13.0. The third kappa shape index (κ3) is 6.52. The summed E-state index contributed by atoms with van der Waals surface area (Å²) in [6, 6.07) is 19.9. The molecule has 2 amide bonds. The van der Waals surface area contributed by atoms with Gasteiger partial charge in [0.2, 0.25) is 15.9 Å². The molecule has 218 valence electrons. The maximum atomic E-state index is 14.0. The molecule has 3 aromatic rings. The minimum Gasteiger partial charge on any atom is -0.480 e. The van der Waals surface area contributed by atoms with Crippen LogP contribution in [-0.2, 0) is 37.2 Å². The van der Waals surface area contributed by atoms with Gasteiger partial charge in [-0.2, -0.15) is 0 Å². The van der Waals surface area contributed by atoms with E-state index in [2.05, 4.69) is 10.0 Å². The van der Waals surface area contributed by atoms with E-state index in [0.29, 0.717) is 30.5 Å². The summed E-state index contributed by atoms with van der Waals surface area (Å²) in [5.41, 5.74) is 4.72. The van der Waals surface area contributed by atoms with Crippen molar-refractivity contribution in [1.29, 1.82) is 0 Å². The Morgan fingerprint density at radius 3 is 2.48 bits per heavy atom. The summed E-state index contributed by atoms with van der Waals surface area (Å²) in [5, 5.41) is 12.8. The summed E-state index contributed by atoms with van der Waals surface area (Å²) < 4.78 is 25.6. The minimum absolute atomic E-state index is 0.0215. The lowest BCUT2D eigenvalue weighted by atomic mass is 9.87. The van der Waals surface area contributed by atoms with Crippen molar-refractivity contribution in [3.05, 3.63) is 89.5 Å². The van der Waals surface area contributed by atoms with Crippen molar-refractivity contribution in [1.82, 2.24) is 10.2 Å². The molecule has 0 aromatic heterocycles. The Kier molecular flexibility index (Phi) is 8.42. The average molecular weight is 606 g/mol. The van der Waals surface area contributed by atoms with Crippen LogP contribution in [0.5, 0.6) is 0 Å². The van der Waals surface area contributed by atoms with Crippen LogP contribution in [0.1, 0.15) is 42.0 Å². The molecule has 42 heavy (non-hydrogen) atoms. The number of anilines is 1. The molecule has 9 nitrogen and oxygen atoms in total. The van der Waals surface area contributed by atoms with Gasteiger partial charge in [-0.25, -0.2) is 13.2 Å². The molecule has 2 heterocycles. The van der Waals surface area contributed by atoms with Crippen molar-refractivity contribution < 1.29 is 27.9 Å².